The number of nitrogens with zero attached hydrogens (tertiary/aromatic N) is 1. The molecule has 0 spiro atoms. The van der Waals surface area contributed by atoms with Gasteiger partial charge in [0.05, 0.1) is 11.6 Å². The third-order valence-electron chi connectivity index (χ3n) is 4.24. The molecule has 1 fully saturated rings. The number of benzene rings is 2. The minimum Gasteiger partial charge on any atom is -0.447 e. The molecule has 4 nitrogen and oxygen atoms in total. The van der Waals surface area contributed by atoms with E-state index in [2.05, 4.69) is 0 Å². The van der Waals surface area contributed by atoms with Crippen LogP contribution in [0.3, 0.4) is 0 Å². The lowest BCUT2D eigenvalue weighted by molar-refractivity contribution is -0.124. The molecule has 3 rings (SSSR count). The van der Waals surface area contributed by atoms with E-state index >= 15 is 0 Å². The second-order valence-electron chi connectivity index (χ2n) is 6.19. The van der Waals surface area contributed by atoms with Gasteiger partial charge in [0, 0.05) is 6.08 Å². The minimum absolute atomic E-state index is 0.106. The van der Waals surface area contributed by atoms with Gasteiger partial charge in [-0.3, -0.25) is 4.79 Å². The van der Waals surface area contributed by atoms with Gasteiger partial charge in [0.1, 0.15) is 12.4 Å². The predicted octanol–water partition coefficient (Wildman–Crippen LogP) is 4.36. The second kappa shape index (κ2) is 7.84. The Bertz CT molecular complexity index is 892. The van der Waals surface area contributed by atoms with Crippen LogP contribution in [-0.4, -0.2) is 35.7 Å². The lowest BCUT2D eigenvalue weighted by Crippen LogP contribution is -2.39. The van der Waals surface area contributed by atoms with Crippen LogP contribution in [0.5, 0.6) is 0 Å². The molecule has 0 radical (unpaired) electrons. The Balaban J connectivity index is 1.90. The molecule has 0 saturated carbocycles. The Morgan fingerprint density at radius 2 is 1.75 bits per heavy atom. The van der Waals surface area contributed by atoms with Crippen LogP contribution in [0.1, 0.15) is 11.1 Å². The summed E-state index contributed by atoms with van der Waals surface area (Å²) in [6.45, 7) is -0.106. The summed E-state index contributed by atoms with van der Waals surface area (Å²) in [6, 6.07) is 11.7. The van der Waals surface area contributed by atoms with Crippen molar-refractivity contribution in [3.05, 3.63) is 77.6 Å². The van der Waals surface area contributed by atoms with E-state index in [0.29, 0.717) is 11.0 Å². The van der Waals surface area contributed by atoms with E-state index in [1.807, 2.05) is 0 Å². The van der Waals surface area contributed by atoms with Crippen molar-refractivity contribution in [2.75, 3.05) is 6.61 Å². The average molecular weight is 393 g/mol. The molecule has 1 atom stereocenters. The van der Waals surface area contributed by atoms with Crippen LogP contribution in [0, 0.1) is 5.82 Å². The van der Waals surface area contributed by atoms with E-state index in [1.165, 1.54) is 0 Å². The summed E-state index contributed by atoms with van der Waals surface area (Å²) in [7, 11) is 0. The molecule has 0 bridgehead atoms. The third kappa shape index (κ3) is 4.39. The van der Waals surface area contributed by atoms with Gasteiger partial charge in [0.25, 0.3) is 5.91 Å². The van der Waals surface area contributed by atoms with Crippen molar-refractivity contribution in [2.45, 2.75) is 18.6 Å². The average Bonchev–Trinajstić information content (AvgIpc) is 3.01. The van der Waals surface area contributed by atoms with Gasteiger partial charge in [-0.25, -0.2) is 14.1 Å². The number of amides is 2. The van der Waals surface area contributed by atoms with Gasteiger partial charge in [0.2, 0.25) is 0 Å². The molecule has 1 saturated heterocycles. The quantitative estimate of drug-likeness (QED) is 0.573. The second-order valence-corrected chi connectivity index (χ2v) is 6.19. The summed E-state index contributed by atoms with van der Waals surface area (Å²) in [5.41, 5.74) is -0.841. The first kappa shape index (κ1) is 19.6. The predicted molar refractivity (Wildman–Crippen MR) is 92.6 cm³/mol. The summed E-state index contributed by atoms with van der Waals surface area (Å²) in [6.07, 6.45) is -5.27. The molecule has 1 heterocycles. The molecule has 0 aromatic heterocycles. The van der Waals surface area contributed by atoms with Crippen LogP contribution in [0.2, 0.25) is 0 Å². The number of imide groups is 1. The van der Waals surface area contributed by atoms with E-state index in [-0.39, 0.29) is 18.6 Å². The van der Waals surface area contributed by atoms with E-state index in [9.17, 15) is 27.2 Å². The van der Waals surface area contributed by atoms with Gasteiger partial charge in [-0.05, 0) is 29.7 Å². The van der Waals surface area contributed by atoms with Crippen molar-refractivity contribution in [1.29, 1.82) is 0 Å². The number of cyclic esters (lactones) is 1. The first-order chi connectivity index (χ1) is 13.3. The van der Waals surface area contributed by atoms with Crippen molar-refractivity contribution in [3.8, 4) is 0 Å². The van der Waals surface area contributed by atoms with Crippen LogP contribution in [0.25, 0.3) is 5.57 Å². The lowest BCUT2D eigenvalue weighted by atomic mass is 10.0. The number of carbonyl (C=O) groups excluding carboxylic acids is 2. The first-order valence-corrected chi connectivity index (χ1v) is 8.34. The fraction of sp³-hybridized carbons (Fsp3) is 0.200. The molecule has 146 valence electrons. The molecule has 1 aliphatic rings. The van der Waals surface area contributed by atoms with Crippen LogP contribution >= 0.6 is 0 Å². The molecule has 0 aliphatic carbocycles. The number of hydrogen-bond donors (Lipinski definition) is 0. The summed E-state index contributed by atoms with van der Waals surface area (Å²) in [5.74, 6) is -1.84. The summed E-state index contributed by atoms with van der Waals surface area (Å²) < 4.78 is 58.2. The van der Waals surface area contributed by atoms with E-state index in [1.54, 1.807) is 30.3 Å². The first-order valence-electron chi connectivity index (χ1n) is 8.34. The van der Waals surface area contributed by atoms with Crippen molar-refractivity contribution < 1.29 is 31.9 Å². The van der Waals surface area contributed by atoms with Crippen LogP contribution < -0.4 is 0 Å². The summed E-state index contributed by atoms with van der Waals surface area (Å²) >= 11 is 0. The largest absolute Gasteiger partial charge is 0.447 e. The van der Waals surface area contributed by atoms with Gasteiger partial charge < -0.3 is 4.74 Å². The normalized spacial score (nSPS) is 17.6. The highest BCUT2D eigenvalue weighted by atomic mass is 19.4. The third-order valence-corrected chi connectivity index (χ3v) is 4.24. The standard InChI is InChI=1S/C20H15F4NO3/c21-15-8-6-14(7-9-15)17(20(22,23)24)11-18(26)25-16(12-28-19(25)27)10-13-4-2-1-3-5-13/h1-9,11,16H,10,12H2. The number of alkyl halides is 3. The maximum absolute atomic E-state index is 13.4. The monoisotopic (exact) mass is 393 g/mol. The van der Waals surface area contributed by atoms with E-state index in [4.69, 9.17) is 4.74 Å². The van der Waals surface area contributed by atoms with Crippen LogP contribution in [-0.2, 0) is 16.0 Å². The number of allylic oxidation sites excluding steroid dienone is 1. The molecular formula is C20H15F4NO3. The fourth-order valence-corrected chi connectivity index (χ4v) is 2.92. The van der Waals surface area contributed by atoms with Gasteiger partial charge >= 0.3 is 12.3 Å². The molecule has 2 aromatic carbocycles. The number of rotatable bonds is 4. The smallest absolute Gasteiger partial charge is 0.417 e. The number of halogens is 4. The van der Waals surface area contributed by atoms with Gasteiger partial charge in [-0.15, -0.1) is 0 Å². The maximum Gasteiger partial charge on any atom is 0.417 e. The minimum atomic E-state index is -4.87. The Kier molecular flexibility index (Phi) is 5.48. The van der Waals surface area contributed by atoms with Crippen molar-refractivity contribution in [2.24, 2.45) is 0 Å². The van der Waals surface area contributed by atoms with E-state index < -0.39 is 35.6 Å². The highest BCUT2D eigenvalue weighted by Gasteiger charge is 2.40. The molecule has 1 unspecified atom stereocenters. The molecule has 0 N–H and O–H groups in total. The van der Waals surface area contributed by atoms with Crippen molar-refractivity contribution in [3.63, 3.8) is 0 Å². The van der Waals surface area contributed by atoms with E-state index in [0.717, 1.165) is 29.8 Å². The zero-order chi connectivity index (χ0) is 20.3. The Morgan fingerprint density at radius 3 is 2.36 bits per heavy atom. The van der Waals surface area contributed by atoms with Gasteiger partial charge in [-0.2, -0.15) is 13.2 Å². The molecule has 28 heavy (non-hydrogen) atoms. The SMILES string of the molecule is O=C(C=C(c1ccc(F)cc1)C(F)(F)F)N1C(=O)OCC1Cc1ccccc1. The summed E-state index contributed by atoms with van der Waals surface area (Å²) in [4.78, 5) is 25.2. The molecule has 8 heteroatoms. The molecule has 1 aliphatic heterocycles. The highest BCUT2D eigenvalue weighted by Crippen LogP contribution is 2.34. The van der Waals surface area contributed by atoms with Crippen LogP contribution in [0.15, 0.2) is 60.7 Å². The van der Waals surface area contributed by atoms with Crippen molar-refractivity contribution in [1.82, 2.24) is 4.90 Å². The highest BCUT2D eigenvalue weighted by molar-refractivity contribution is 6.04. The molecule has 2 aromatic rings. The topological polar surface area (TPSA) is 46.6 Å². The Labute approximate surface area is 158 Å². The summed E-state index contributed by atoms with van der Waals surface area (Å²) in [5, 5.41) is 0. The zero-order valence-corrected chi connectivity index (χ0v) is 14.4. The lowest BCUT2D eigenvalue weighted by Gasteiger charge is -2.19. The van der Waals surface area contributed by atoms with Gasteiger partial charge in [0.15, 0.2) is 0 Å². The zero-order valence-electron chi connectivity index (χ0n) is 14.4. The molecular weight excluding hydrogens is 378 g/mol. The molecule has 2 amide bonds. The Morgan fingerprint density at radius 1 is 1.11 bits per heavy atom. The number of hydrogen-bond acceptors (Lipinski definition) is 3. The number of carbonyl (C=O) groups is 2. The van der Waals surface area contributed by atoms with Gasteiger partial charge in [-0.1, -0.05) is 42.5 Å². The number of ether oxygens (including phenoxy) is 1. The van der Waals surface area contributed by atoms with Crippen LogP contribution in [0.4, 0.5) is 22.4 Å². The maximum atomic E-state index is 13.4. The fourth-order valence-electron chi connectivity index (χ4n) is 2.92. The van der Waals surface area contributed by atoms with Crippen molar-refractivity contribution >= 4 is 17.6 Å². The Hall–Kier alpha value is -3.16.